The van der Waals surface area contributed by atoms with Crippen LogP contribution in [0.25, 0.3) is 0 Å². The normalized spacial score (nSPS) is 20.8. The Morgan fingerprint density at radius 3 is 2.25 bits per heavy atom. The molecule has 1 aliphatic heterocycles. The molecule has 2 atom stereocenters. The number of rotatable bonds is 4. The largest absolute Gasteiger partial charge is 0.451 e. The number of hydrogen-bond acceptors (Lipinski definition) is 4. The second-order valence-corrected chi connectivity index (χ2v) is 6.69. The first-order valence-corrected chi connectivity index (χ1v) is 8.42. The Morgan fingerprint density at radius 2 is 1.75 bits per heavy atom. The number of piperidine rings is 1. The maximum atomic E-state index is 12.4. The Morgan fingerprint density at radius 1 is 1.17 bits per heavy atom. The summed E-state index contributed by atoms with van der Waals surface area (Å²) in [6.07, 6.45) is 3.06. The number of H-pyrrole nitrogens is 1. The number of amides is 1. The van der Waals surface area contributed by atoms with E-state index in [0.29, 0.717) is 16.8 Å². The Bertz CT molecular complexity index is 652. The Labute approximate surface area is 142 Å². The maximum absolute atomic E-state index is 12.4. The number of aryl methyl sites for hydroxylation is 1. The highest BCUT2D eigenvalue weighted by Gasteiger charge is 2.30. The predicted octanol–water partition coefficient (Wildman–Crippen LogP) is 2.78. The summed E-state index contributed by atoms with van der Waals surface area (Å²) in [7, 11) is 0. The first-order valence-electron chi connectivity index (χ1n) is 8.42. The fourth-order valence-corrected chi connectivity index (χ4v) is 3.67. The van der Waals surface area contributed by atoms with Crippen LogP contribution in [0.15, 0.2) is 0 Å². The van der Waals surface area contributed by atoms with Crippen LogP contribution in [-0.4, -0.2) is 46.2 Å². The van der Waals surface area contributed by atoms with Crippen molar-refractivity contribution < 1.29 is 19.1 Å². The van der Waals surface area contributed by atoms with E-state index < -0.39 is 5.97 Å². The molecular weight excluding hydrogens is 308 g/mol. The van der Waals surface area contributed by atoms with Gasteiger partial charge in [-0.05, 0) is 59.4 Å². The van der Waals surface area contributed by atoms with Gasteiger partial charge < -0.3 is 14.6 Å². The summed E-state index contributed by atoms with van der Waals surface area (Å²) in [5.41, 5.74) is 1.95. The maximum Gasteiger partial charge on any atom is 0.355 e. The molecule has 0 radical (unpaired) electrons. The number of nitrogens with one attached hydrogen (secondary N) is 1. The Hall–Kier alpha value is -2.11. The molecular formula is C18H26N2O4. The molecule has 24 heavy (non-hydrogen) atoms. The highest BCUT2D eigenvalue weighted by Crippen LogP contribution is 2.23. The molecule has 6 heteroatoms. The van der Waals surface area contributed by atoms with Crippen molar-refractivity contribution in [3.05, 3.63) is 22.5 Å². The zero-order chi connectivity index (χ0) is 18.0. The van der Waals surface area contributed by atoms with Gasteiger partial charge in [0.05, 0.1) is 0 Å². The molecule has 1 amide bonds. The van der Waals surface area contributed by atoms with Crippen molar-refractivity contribution in [3.8, 4) is 0 Å². The molecule has 0 unspecified atom stereocenters. The molecule has 0 spiro atoms. The van der Waals surface area contributed by atoms with Crippen molar-refractivity contribution in [1.82, 2.24) is 9.88 Å². The van der Waals surface area contributed by atoms with Crippen molar-refractivity contribution in [2.75, 3.05) is 6.61 Å². The minimum atomic E-state index is -0.603. The Kier molecular flexibility index (Phi) is 5.47. The van der Waals surface area contributed by atoms with Crippen LogP contribution in [0.2, 0.25) is 0 Å². The van der Waals surface area contributed by atoms with Gasteiger partial charge in [-0.1, -0.05) is 0 Å². The SMILES string of the molecule is CC(=O)c1c(C)[nH]c(C(=O)OCC(=O)N2[C@H](C)CCC[C@H]2C)c1C. The highest BCUT2D eigenvalue weighted by atomic mass is 16.5. The van der Waals surface area contributed by atoms with E-state index in [2.05, 4.69) is 4.98 Å². The predicted molar refractivity (Wildman–Crippen MR) is 90.2 cm³/mol. The molecule has 2 rings (SSSR count). The van der Waals surface area contributed by atoms with Gasteiger partial charge in [-0.25, -0.2) is 4.79 Å². The van der Waals surface area contributed by atoms with E-state index in [1.807, 2.05) is 18.7 Å². The number of carbonyl (C=O) groups excluding carboxylic acids is 3. The molecule has 1 aromatic rings. The molecule has 2 heterocycles. The minimum Gasteiger partial charge on any atom is -0.451 e. The van der Waals surface area contributed by atoms with E-state index in [-0.39, 0.29) is 36.1 Å². The summed E-state index contributed by atoms with van der Waals surface area (Å²) in [5.74, 6) is -0.878. The number of likely N-dealkylation sites (tertiary alicyclic amines) is 1. The van der Waals surface area contributed by atoms with Gasteiger partial charge in [0, 0.05) is 23.3 Å². The van der Waals surface area contributed by atoms with Crippen molar-refractivity contribution in [2.24, 2.45) is 0 Å². The van der Waals surface area contributed by atoms with Crippen LogP contribution in [-0.2, 0) is 9.53 Å². The van der Waals surface area contributed by atoms with Gasteiger partial charge in [-0.2, -0.15) is 0 Å². The first kappa shape index (κ1) is 18.2. The van der Waals surface area contributed by atoms with Crippen LogP contribution < -0.4 is 0 Å². The van der Waals surface area contributed by atoms with Gasteiger partial charge in [0.2, 0.25) is 0 Å². The van der Waals surface area contributed by atoms with E-state index in [9.17, 15) is 14.4 Å². The van der Waals surface area contributed by atoms with E-state index >= 15 is 0 Å². The van der Waals surface area contributed by atoms with Crippen LogP contribution in [0.4, 0.5) is 0 Å². The number of esters is 1. The molecule has 0 saturated carbocycles. The highest BCUT2D eigenvalue weighted by molar-refractivity contribution is 6.01. The van der Waals surface area contributed by atoms with Gasteiger partial charge in [-0.15, -0.1) is 0 Å². The van der Waals surface area contributed by atoms with Crippen LogP contribution in [0.1, 0.15) is 72.1 Å². The number of Topliss-reactive ketones (excluding diaryl/α,β-unsaturated/α-hetero) is 1. The summed E-state index contributed by atoms with van der Waals surface area (Å²) in [6.45, 7) is 8.66. The van der Waals surface area contributed by atoms with Gasteiger partial charge in [-0.3, -0.25) is 9.59 Å². The number of ether oxygens (including phenoxy) is 1. The zero-order valence-corrected chi connectivity index (χ0v) is 15.1. The lowest BCUT2D eigenvalue weighted by molar-refractivity contribution is -0.140. The molecule has 1 aliphatic rings. The lowest BCUT2D eigenvalue weighted by Crippen LogP contribution is -2.49. The topological polar surface area (TPSA) is 79.5 Å². The van der Waals surface area contributed by atoms with Crippen LogP contribution in [0.3, 0.4) is 0 Å². The third-order valence-corrected chi connectivity index (χ3v) is 4.80. The smallest absolute Gasteiger partial charge is 0.355 e. The zero-order valence-electron chi connectivity index (χ0n) is 15.1. The third-order valence-electron chi connectivity index (χ3n) is 4.80. The summed E-state index contributed by atoms with van der Waals surface area (Å²) in [4.78, 5) is 41.0. The summed E-state index contributed by atoms with van der Waals surface area (Å²) >= 11 is 0. The molecule has 132 valence electrons. The second-order valence-electron chi connectivity index (χ2n) is 6.69. The Balaban J connectivity index is 2.04. The first-order chi connectivity index (χ1) is 11.2. The van der Waals surface area contributed by atoms with Gasteiger partial charge in [0.1, 0.15) is 5.69 Å². The average molecular weight is 334 g/mol. The van der Waals surface area contributed by atoms with E-state index in [1.165, 1.54) is 6.92 Å². The monoisotopic (exact) mass is 334 g/mol. The molecule has 1 aromatic heterocycles. The van der Waals surface area contributed by atoms with E-state index in [4.69, 9.17) is 4.74 Å². The molecule has 0 bridgehead atoms. The fraction of sp³-hybridized carbons (Fsp3) is 0.611. The standard InChI is InChI=1S/C18H26N2O4/c1-10-7-6-8-11(2)20(10)15(22)9-24-18(23)17-12(3)16(14(5)21)13(4)19-17/h10-11,19H,6-9H2,1-5H3/t10-,11-/m1/s1. The summed E-state index contributed by atoms with van der Waals surface area (Å²) in [6, 6.07) is 0.331. The van der Waals surface area contributed by atoms with Crippen LogP contribution >= 0.6 is 0 Å². The number of nitrogens with zero attached hydrogens (tertiary/aromatic N) is 1. The second kappa shape index (κ2) is 7.20. The van der Waals surface area contributed by atoms with Gasteiger partial charge in [0.15, 0.2) is 12.4 Å². The molecule has 6 nitrogen and oxygen atoms in total. The molecule has 0 aliphatic carbocycles. The molecule has 0 aromatic carbocycles. The molecule has 1 fully saturated rings. The molecule has 1 N–H and O–H groups in total. The van der Waals surface area contributed by atoms with Crippen molar-refractivity contribution in [2.45, 2.75) is 66.0 Å². The number of ketones is 1. The lowest BCUT2D eigenvalue weighted by atomic mass is 9.97. The minimum absolute atomic E-state index is 0.104. The lowest BCUT2D eigenvalue weighted by Gasteiger charge is -2.38. The quantitative estimate of drug-likeness (QED) is 0.678. The third kappa shape index (κ3) is 3.52. The summed E-state index contributed by atoms with van der Waals surface area (Å²) in [5, 5.41) is 0. The van der Waals surface area contributed by atoms with E-state index in [0.717, 1.165) is 19.3 Å². The van der Waals surface area contributed by atoms with Gasteiger partial charge >= 0.3 is 5.97 Å². The number of hydrogen-bond donors (Lipinski definition) is 1. The van der Waals surface area contributed by atoms with E-state index in [1.54, 1.807) is 13.8 Å². The number of carbonyl (C=O) groups is 3. The number of aromatic nitrogens is 1. The van der Waals surface area contributed by atoms with Crippen molar-refractivity contribution in [3.63, 3.8) is 0 Å². The summed E-state index contributed by atoms with van der Waals surface area (Å²) < 4.78 is 5.20. The fourth-order valence-electron chi connectivity index (χ4n) is 3.67. The molecule has 1 saturated heterocycles. The van der Waals surface area contributed by atoms with Gasteiger partial charge in [0.25, 0.3) is 5.91 Å². The average Bonchev–Trinajstić information content (AvgIpc) is 2.79. The number of aromatic amines is 1. The van der Waals surface area contributed by atoms with Crippen LogP contribution in [0.5, 0.6) is 0 Å². The van der Waals surface area contributed by atoms with Crippen molar-refractivity contribution in [1.29, 1.82) is 0 Å². The van der Waals surface area contributed by atoms with Crippen molar-refractivity contribution >= 4 is 17.7 Å². The van der Waals surface area contributed by atoms with Crippen LogP contribution in [0, 0.1) is 13.8 Å².